The molecule has 0 bridgehead atoms. The van der Waals surface area contributed by atoms with E-state index in [4.69, 9.17) is 10.2 Å². The van der Waals surface area contributed by atoms with E-state index in [9.17, 15) is 0 Å². The van der Waals surface area contributed by atoms with Crippen molar-refractivity contribution in [1.29, 1.82) is 0 Å². The SMILES string of the molecule is CCc1occc1C(N)c1cc(C)c(C)cc1C. The van der Waals surface area contributed by atoms with Gasteiger partial charge in [0, 0.05) is 12.0 Å². The number of furan rings is 1. The Labute approximate surface area is 109 Å². The Morgan fingerprint density at radius 2 is 1.72 bits per heavy atom. The molecule has 2 rings (SSSR count). The topological polar surface area (TPSA) is 39.2 Å². The summed E-state index contributed by atoms with van der Waals surface area (Å²) in [7, 11) is 0. The zero-order valence-electron chi connectivity index (χ0n) is 11.6. The van der Waals surface area contributed by atoms with Crippen LogP contribution in [-0.2, 0) is 6.42 Å². The summed E-state index contributed by atoms with van der Waals surface area (Å²) < 4.78 is 5.47. The van der Waals surface area contributed by atoms with Gasteiger partial charge in [0.15, 0.2) is 0 Å². The van der Waals surface area contributed by atoms with Crippen LogP contribution >= 0.6 is 0 Å². The molecule has 0 aliphatic heterocycles. The maximum Gasteiger partial charge on any atom is 0.108 e. The van der Waals surface area contributed by atoms with E-state index in [1.165, 1.54) is 22.3 Å². The predicted octanol–water partition coefficient (Wildman–Crippen LogP) is 3.82. The molecular formula is C16H21NO. The summed E-state index contributed by atoms with van der Waals surface area (Å²) in [6, 6.07) is 6.29. The molecule has 2 N–H and O–H groups in total. The third kappa shape index (κ3) is 2.21. The Kier molecular flexibility index (Phi) is 3.58. The van der Waals surface area contributed by atoms with Crippen LogP contribution in [-0.4, -0.2) is 0 Å². The molecule has 1 unspecified atom stereocenters. The molecule has 2 aromatic rings. The minimum Gasteiger partial charge on any atom is -0.469 e. The third-order valence-electron chi connectivity index (χ3n) is 3.65. The maximum atomic E-state index is 6.40. The molecule has 0 saturated carbocycles. The van der Waals surface area contributed by atoms with Crippen molar-refractivity contribution in [3.05, 3.63) is 58.0 Å². The first kappa shape index (κ1) is 12.9. The second-order valence-electron chi connectivity index (χ2n) is 4.92. The predicted molar refractivity (Wildman–Crippen MR) is 74.8 cm³/mol. The van der Waals surface area contributed by atoms with E-state index in [0.29, 0.717) is 0 Å². The van der Waals surface area contributed by atoms with Crippen molar-refractivity contribution in [2.75, 3.05) is 0 Å². The van der Waals surface area contributed by atoms with Crippen LogP contribution in [0.1, 0.15) is 46.5 Å². The summed E-state index contributed by atoms with van der Waals surface area (Å²) in [6.45, 7) is 8.46. The number of nitrogens with two attached hydrogens (primary N) is 1. The lowest BCUT2D eigenvalue weighted by atomic mass is 9.92. The van der Waals surface area contributed by atoms with Gasteiger partial charge in [0.05, 0.1) is 12.3 Å². The molecule has 1 atom stereocenters. The molecule has 0 saturated heterocycles. The molecule has 18 heavy (non-hydrogen) atoms. The fourth-order valence-corrected chi connectivity index (χ4v) is 2.40. The average Bonchev–Trinajstić information content (AvgIpc) is 2.81. The highest BCUT2D eigenvalue weighted by molar-refractivity contribution is 5.42. The number of hydrogen-bond acceptors (Lipinski definition) is 2. The Bertz CT molecular complexity index is 554. The summed E-state index contributed by atoms with van der Waals surface area (Å²) in [5.74, 6) is 0.986. The molecule has 0 amide bonds. The Morgan fingerprint density at radius 1 is 1.06 bits per heavy atom. The highest BCUT2D eigenvalue weighted by Crippen LogP contribution is 2.28. The van der Waals surface area contributed by atoms with Crippen molar-refractivity contribution in [3.63, 3.8) is 0 Å². The highest BCUT2D eigenvalue weighted by Gasteiger charge is 2.17. The monoisotopic (exact) mass is 243 g/mol. The van der Waals surface area contributed by atoms with E-state index in [1.54, 1.807) is 6.26 Å². The van der Waals surface area contributed by atoms with Crippen LogP contribution < -0.4 is 5.73 Å². The van der Waals surface area contributed by atoms with Gasteiger partial charge < -0.3 is 10.2 Å². The largest absolute Gasteiger partial charge is 0.469 e. The van der Waals surface area contributed by atoms with E-state index < -0.39 is 0 Å². The normalized spacial score (nSPS) is 12.7. The molecule has 0 aliphatic rings. The minimum absolute atomic E-state index is 0.0991. The lowest BCUT2D eigenvalue weighted by molar-refractivity contribution is 0.509. The Morgan fingerprint density at radius 3 is 2.39 bits per heavy atom. The Balaban J connectivity index is 2.46. The van der Waals surface area contributed by atoms with Crippen LogP contribution in [0.25, 0.3) is 0 Å². The fraction of sp³-hybridized carbons (Fsp3) is 0.375. The van der Waals surface area contributed by atoms with Crippen molar-refractivity contribution in [3.8, 4) is 0 Å². The molecule has 1 aromatic carbocycles. The van der Waals surface area contributed by atoms with Gasteiger partial charge >= 0.3 is 0 Å². The van der Waals surface area contributed by atoms with Gasteiger partial charge in [0.1, 0.15) is 5.76 Å². The van der Waals surface area contributed by atoms with E-state index in [-0.39, 0.29) is 6.04 Å². The summed E-state index contributed by atoms with van der Waals surface area (Å²) in [4.78, 5) is 0. The first-order valence-corrected chi connectivity index (χ1v) is 6.44. The van der Waals surface area contributed by atoms with E-state index in [2.05, 4.69) is 39.8 Å². The summed E-state index contributed by atoms with van der Waals surface area (Å²) >= 11 is 0. The van der Waals surface area contributed by atoms with E-state index in [1.807, 2.05) is 6.07 Å². The third-order valence-corrected chi connectivity index (χ3v) is 3.65. The van der Waals surface area contributed by atoms with Crippen LogP contribution in [0.4, 0.5) is 0 Å². The van der Waals surface area contributed by atoms with Gasteiger partial charge in [0.25, 0.3) is 0 Å². The van der Waals surface area contributed by atoms with Crippen molar-refractivity contribution in [1.82, 2.24) is 0 Å². The van der Waals surface area contributed by atoms with Gasteiger partial charge in [-0.2, -0.15) is 0 Å². The van der Waals surface area contributed by atoms with Gasteiger partial charge in [-0.15, -0.1) is 0 Å². The van der Waals surface area contributed by atoms with Crippen molar-refractivity contribution in [2.24, 2.45) is 5.73 Å². The van der Waals surface area contributed by atoms with Gasteiger partial charge in [-0.05, 0) is 49.1 Å². The lowest BCUT2D eigenvalue weighted by Crippen LogP contribution is -2.14. The number of rotatable bonds is 3. The smallest absolute Gasteiger partial charge is 0.108 e. The molecule has 96 valence electrons. The van der Waals surface area contributed by atoms with Crippen LogP contribution in [0.5, 0.6) is 0 Å². The molecule has 1 aromatic heterocycles. The van der Waals surface area contributed by atoms with Crippen molar-refractivity contribution in [2.45, 2.75) is 40.2 Å². The molecule has 2 nitrogen and oxygen atoms in total. The molecule has 0 radical (unpaired) electrons. The van der Waals surface area contributed by atoms with Gasteiger partial charge in [0.2, 0.25) is 0 Å². The molecule has 1 heterocycles. The second-order valence-corrected chi connectivity index (χ2v) is 4.92. The number of aryl methyl sites for hydroxylation is 4. The number of hydrogen-bond donors (Lipinski definition) is 1. The van der Waals surface area contributed by atoms with Crippen LogP contribution in [0, 0.1) is 20.8 Å². The zero-order chi connectivity index (χ0) is 13.3. The van der Waals surface area contributed by atoms with E-state index in [0.717, 1.165) is 17.7 Å². The van der Waals surface area contributed by atoms with Gasteiger partial charge in [-0.3, -0.25) is 0 Å². The fourth-order valence-electron chi connectivity index (χ4n) is 2.40. The summed E-state index contributed by atoms with van der Waals surface area (Å²) in [6.07, 6.45) is 2.60. The summed E-state index contributed by atoms with van der Waals surface area (Å²) in [5.41, 5.74) is 12.5. The Hall–Kier alpha value is -1.54. The van der Waals surface area contributed by atoms with Crippen LogP contribution in [0.3, 0.4) is 0 Å². The van der Waals surface area contributed by atoms with Crippen LogP contribution in [0.2, 0.25) is 0 Å². The lowest BCUT2D eigenvalue weighted by Gasteiger charge is -2.17. The molecule has 0 aliphatic carbocycles. The second kappa shape index (κ2) is 4.99. The quantitative estimate of drug-likeness (QED) is 0.890. The zero-order valence-corrected chi connectivity index (χ0v) is 11.6. The molecule has 2 heteroatoms. The van der Waals surface area contributed by atoms with Crippen LogP contribution in [0.15, 0.2) is 28.9 Å². The molecule has 0 spiro atoms. The maximum absolute atomic E-state index is 6.40. The van der Waals surface area contributed by atoms with Crippen molar-refractivity contribution >= 4 is 0 Å². The van der Waals surface area contributed by atoms with Gasteiger partial charge in [-0.25, -0.2) is 0 Å². The number of benzene rings is 1. The van der Waals surface area contributed by atoms with Gasteiger partial charge in [-0.1, -0.05) is 19.1 Å². The molecular weight excluding hydrogens is 222 g/mol. The standard InChI is InChI=1S/C16H21NO/c1-5-15-13(6-7-18-15)16(17)14-9-11(3)10(2)8-12(14)4/h6-9,16H,5,17H2,1-4H3. The molecule has 0 fully saturated rings. The average molecular weight is 243 g/mol. The summed E-state index contributed by atoms with van der Waals surface area (Å²) in [5, 5.41) is 0. The minimum atomic E-state index is -0.0991. The first-order chi connectivity index (χ1) is 8.54. The first-order valence-electron chi connectivity index (χ1n) is 6.44. The highest BCUT2D eigenvalue weighted by atomic mass is 16.3. The van der Waals surface area contributed by atoms with E-state index >= 15 is 0 Å². The van der Waals surface area contributed by atoms with Crippen molar-refractivity contribution < 1.29 is 4.42 Å².